The van der Waals surface area contributed by atoms with Crippen LogP contribution in [0.15, 0.2) is 55.0 Å². The number of aromatic nitrogens is 3. The van der Waals surface area contributed by atoms with Gasteiger partial charge >= 0.3 is 6.03 Å². The lowest BCUT2D eigenvalue weighted by molar-refractivity contribution is 0.226. The fourth-order valence-electron chi connectivity index (χ4n) is 2.68. The Bertz CT molecular complexity index is 921. The molecular formula is C21H25N5O2. The Morgan fingerprint density at radius 1 is 1.14 bits per heavy atom. The Kier molecular flexibility index (Phi) is 6.26. The Morgan fingerprint density at radius 2 is 1.93 bits per heavy atom. The smallest absolute Gasteiger partial charge is 0.315 e. The highest BCUT2D eigenvalue weighted by molar-refractivity contribution is 5.74. The molecule has 0 aliphatic rings. The van der Waals surface area contributed by atoms with Gasteiger partial charge in [0, 0.05) is 25.1 Å². The first-order valence-corrected chi connectivity index (χ1v) is 9.20. The van der Waals surface area contributed by atoms with Crippen LogP contribution in [-0.2, 0) is 6.54 Å². The molecule has 28 heavy (non-hydrogen) atoms. The molecule has 2 N–H and O–H groups in total. The van der Waals surface area contributed by atoms with Gasteiger partial charge in [0.15, 0.2) is 0 Å². The monoisotopic (exact) mass is 379 g/mol. The quantitative estimate of drug-likeness (QED) is 0.661. The molecule has 2 amide bonds. The predicted molar refractivity (Wildman–Crippen MR) is 108 cm³/mol. The minimum atomic E-state index is -0.239. The van der Waals surface area contributed by atoms with Gasteiger partial charge in [-0.2, -0.15) is 0 Å². The molecule has 1 aromatic carbocycles. The summed E-state index contributed by atoms with van der Waals surface area (Å²) in [7, 11) is 0. The van der Waals surface area contributed by atoms with Crippen LogP contribution in [0.3, 0.4) is 0 Å². The molecule has 0 aliphatic carbocycles. The first-order chi connectivity index (χ1) is 13.5. The molecule has 3 aromatic rings. The fraction of sp³-hybridized carbons (Fsp3) is 0.286. The van der Waals surface area contributed by atoms with E-state index in [-0.39, 0.29) is 12.1 Å². The third-order valence-electron chi connectivity index (χ3n) is 4.23. The lowest BCUT2D eigenvalue weighted by atomic mass is 10.2. The molecule has 146 valence electrons. The van der Waals surface area contributed by atoms with Crippen LogP contribution in [0.25, 0.3) is 5.82 Å². The van der Waals surface area contributed by atoms with Crippen molar-refractivity contribution in [2.24, 2.45) is 0 Å². The van der Waals surface area contributed by atoms with Crippen LogP contribution in [0.1, 0.15) is 23.9 Å². The molecule has 0 saturated carbocycles. The van der Waals surface area contributed by atoms with E-state index in [1.54, 1.807) is 12.4 Å². The van der Waals surface area contributed by atoms with Crippen molar-refractivity contribution in [2.45, 2.75) is 33.4 Å². The normalized spacial score (nSPS) is 11.7. The van der Waals surface area contributed by atoms with Gasteiger partial charge in [-0.3, -0.25) is 4.57 Å². The topological polar surface area (TPSA) is 81.1 Å². The first-order valence-electron chi connectivity index (χ1n) is 9.20. The van der Waals surface area contributed by atoms with Crippen LogP contribution in [0.2, 0.25) is 0 Å². The highest BCUT2D eigenvalue weighted by atomic mass is 16.5. The molecular weight excluding hydrogens is 354 g/mol. The van der Waals surface area contributed by atoms with Gasteiger partial charge in [-0.05, 0) is 50.6 Å². The fourth-order valence-corrected chi connectivity index (χ4v) is 2.68. The van der Waals surface area contributed by atoms with E-state index < -0.39 is 0 Å². The summed E-state index contributed by atoms with van der Waals surface area (Å²) in [5.41, 5.74) is 2.14. The van der Waals surface area contributed by atoms with Crippen molar-refractivity contribution in [3.05, 3.63) is 71.9 Å². The molecule has 0 spiro atoms. The van der Waals surface area contributed by atoms with Crippen molar-refractivity contribution in [3.63, 3.8) is 0 Å². The Labute approximate surface area is 164 Å². The number of urea groups is 1. The van der Waals surface area contributed by atoms with E-state index >= 15 is 0 Å². The molecule has 3 rings (SSSR count). The van der Waals surface area contributed by atoms with E-state index in [1.165, 1.54) is 5.56 Å². The van der Waals surface area contributed by atoms with E-state index in [9.17, 15) is 4.79 Å². The number of pyridine rings is 1. The molecule has 0 radical (unpaired) electrons. The standard InChI is InChI=1S/C21H25N5O2/c1-15-4-6-19(7-5-15)28-14-16(2)25-21(27)24-13-18-8-9-23-20(12-18)26-11-10-22-17(26)3/h4-12,16H,13-14H2,1-3H3,(H2,24,25,27)/t16-/m1/s1. The second kappa shape index (κ2) is 9.03. The summed E-state index contributed by atoms with van der Waals surface area (Å²) in [4.78, 5) is 20.7. The molecule has 1 atom stereocenters. The van der Waals surface area contributed by atoms with Crippen molar-refractivity contribution in [3.8, 4) is 11.6 Å². The number of ether oxygens (including phenoxy) is 1. The first kappa shape index (κ1) is 19.4. The zero-order chi connectivity index (χ0) is 19.9. The average molecular weight is 379 g/mol. The number of hydrogen-bond acceptors (Lipinski definition) is 4. The van der Waals surface area contributed by atoms with Crippen LogP contribution < -0.4 is 15.4 Å². The second-order valence-electron chi connectivity index (χ2n) is 6.72. The molecule has 7 heteroatoms. The van der Waals surface area contributed by atoms with Crippen molar-refractivity contribution in [2.75, 3.05) is 6.61 Å². The molecule has 2 heterocycles. The SMILES string of the molecule is Cc1ccc(OC[C@@H](C)NC(=O)NCc2ccnc(-n3ccnc3C)c2)cc1. The Hall–Kier alpha value is -3.35. The zero-order valence-corrected chi connectivity index (χ0v) is 16.3. The van der Waals surface area contributed by atoms with Gasteiger partial charge in [-0.15, -0.1) is 0 Å². The predicted octanol–water partition coefficient (Wildman–Crippen LogP) is 3.15. The number of nitrogens with one attached hydrogen (secondary N) is 2. The molecule has 0 fully saturated rings. The minimum absolute atomic E-state index is 0.122. The Morgan fingerprint density at radius 3 is 2.64 bits per heavy atom. The third-order valence-corrected chi connectivity index (χ3v) is 4.23. The van der Waals surface area contributed by atoms with Crippen molar-refractivity contribution < 1.29 is 9.53 Å². The molecule has 0 aliphatic heterocycles. The number of amides is 2. The molecule has 0 bridgehead atoms. The summed E-state index contributed by atoms with van der Waals surface area (Å²) in [6.45, 7) is 6.65. The lowest BCUT2D eigenvalue weighted by Gasteiger charge is -2.16. The molecule has 0 unspecified atom stereocenters. The molecule has 0 saturated heterocycles. The largest absolute Gasteiger partial charge is 0.491 e. The summed E-state index contributed by atoms with van der Waals surface area (Å²) >= 11 is 0. The summed E-state index contributed by atoms with van der Waals surface area (Å²) in [6.07, 6.45) is 5.31. The van der Waals surface area contributed by atoms with Crippen LogP contribution in [0.4, 0.5) is 4.79 Å². The van der Waals surface area contributed by atoms with Crippen LogP contribution in [0, 0.1) is 13.8 Å². The van der Waals surface area contributed by atoms with Gasteiger partial charge in [0.05, 0.1) is 6.04 Å². The number of nitrogens with zero attached hydrogens (tertiary/aromatic N) is 3. The maximum absolute atomic E-state index is 12.1. The van der Waals surface area contributed by atoms with Gasteiger partial charge in [0.2, 0.25) is 0 Å². The van der Waals surface area contributed by atoms with Crippen molar-refractivity contribution in [1.29, 1.82) is 0 Å². The molecule has 2 aromatic heterocycles. The number of imidazole rings is 1. The minimum Gasteiger partial charge on any atom is -0.491 e. The third kappa shape index (κ3) is 5.33. The zero-order valence-electron chi connectivity index (χ0n) is 16.3. The summed E-state index contributed by atoms with van der Waals surface area (Å²) in [6, 6.07) is 11.3. The number of aryl methyl sites for hydroxylation is 2. The summed E-state index contributed by atoms with van der Waals surface area (Å²) in [5, 5.41) is 5.74. The van der Waals surface area contributed by atoms with E-state index in [0.717, 1.165) is 23.0 Å². The van der Waals surface area contributed by atoms with Crippen LogP contribution >= 0.6 is 0 Å². The van der Waals surface area contributed by atoms with Crippen LogP contribution in [-0.4, -0.2) is 33.2 Å². The van der Waals surface area contributed by atoms with Gasteiger partial charge in [0.1, 0.15) is 24.0 Å². The van der Waals surface area contributed by atoms with Crippen molar-refractivity contribution >= 4 is 6.03 Å². The summed E-state index contributed by atoms with van der Waals surface area (Å²) < 4.78 is 7.59. The summed E-state index contributed by atoms with van der Waals surface area (Å²) in [5.74, 6) is 2.42. The number of carbonyl (C=O) groups is 1. The highest BCUT2D eigenvalue weighted by Gasteiger charge is 2.09. The van der Waals surface area contributed by atoms with Crippen molar-refractivity contribution in [1.82, 2.24) is 25.2 Å². The second-order valence-corrected chi connectivity index (χ2v) is 6.72. The molecule has 7 nitrogen and oxygen atoms in total. The van der Waals surface area contributed by atoms with E-state index in [4.69, 9.17) is 4.74 Å². The number of rotatable bonds is 7. The number of carbonyl (C=O) groups excluding carboxylic acids is 1. The maximum atomic E-state index is 12.1. The van der Waals surface area contributed by atoms with E-state index in [1.807, 2.05) is 67.9 Å². The lowest BCUT2D eigenvalue weighted by Crippen LogP contribution is -2.43. The van der Waals surface area contributed by atoms with E-state index in [0.29, 0.717) is 13.2 Å². The average Bonchev–Trinajstić information content (AvgIpc) is 3.12. The number of hydrogen-bond donors (Lipinski definition) is 2. The van der Waals surface area contributed by atoms with Gasteiger partial charge < -0.3 is 15.4 Å². The van der Waals surface area contributed by atoms with Crippen LogP contribution in [0.5, 0.6) is 5.75 Å². The number of benzene rings is 1. The van der Waals surface area contributed by atoms with Gasteiger partial charge in [-0.1, -0.05) is 17.7 Å². The van der Waals surface area contributed by atoms with E-state index in [2.05, 4.69) is 20.6 Å². The maximum Gasteiger partial charge on any atom is 0.315 e. The van der Waals surface area contributed by atoms with Gasteiger partial charge in [0.25, 0.3) is 0 Å². The highest BCUT2D eigenvalue weighted by Crippen LogP contribution is 2.12. The Balaban J connectivity index is 1.46. The van der Waals surface area contributed by atoms with Gasteiger partial charge in [-0.25, -0.2) is 14.8 Å².